The molecule has 0 aliphatic rings. The number of hydrogen-bond donors (Lipinski definition) is 3. The molecule has 0 bridgehead atoms. The van der Waals surface area contributed by atoms with E-state index in [4.69, 9.17) is 16.9 Å². The van der Waals surface area contributed by atoms with Crippen molar-refractivity contribution in [2.24, 2.45) is 16.5 Å². The zero-order valence-corrected chi connectivity index (χ0v) is 8.93. The van der Waals surface area contributed by atoms with Crippen LogP contribution in [0, 0.1) is 12.3 Å². The first-order chi connectivity index (χ1) is 6.52. The molecule has 0 atom stereocenters. The van der Waals surface area contributed by atoms with Crippen molar-refractivity contribution in [3.63, 3.8) is 0 Å². The van der Waals surface area contributed by atoms with E-state index in [1.54, 1.807) is 23.3 Å². The average Bonchev–Trinajstić information content (AvgIpc) is 2.48. The van der Waals surface area contributed by atoms with Gasteiger partial charge in [-0.15, -0.1) is 11.3 Å². The third-order valence-electron chi connectivity index (χ3n) is 1.74. The molecule has 0 radical (unpaired) electrons. The lowest BCUT2D eigenvalue weighted by Crippen LogP contribution is -2.30. The maximum atomic E-state index is 7.58. The number of aryl methyl sites for hydroxylation is 1. The summed E-state index contributed by atoms with van der Waals surface area (Å²) in [5, 5.41) is 11.5. The monoisotopic (exact) mass is 211 g/mol. The Morgan fingerprint density at radius 1 is 1.50 bits per heavy atom. The molecule has 0 saturated heterocycles. The molecule has 0 aliphatic heterocycles. The molecule has 0 unspecified atom stereocenters. The molecule has 0 amide bonds. The second-order valence-corrected chi connectivity index (χ2v) is 3.60. The molecule has 1 heterocycles. The summed E-state index contributed by atoms with van der Waals surface area (Å²) in [5.41, 5.74) is 12.4. The van der Waals surface area contributed by atoms with Crippen LogP contribution in [-0.4, -0.2) is 19.0 Å². The summed E-state index contributed by atoms with van der Waals surface area (Å²) >= 11 is 1.58. The smallest absolute Gasteiger partial charge is 0.225 e. The number of nitrogens with zero attached hydrogens (tertiary/aromatic N) is 2. The molecule has 14 heavy (non-hydrogen) atoms. The van der Waals surface area contributed by atoms with Crippen LogP contribution in [0.4, 0.5) is 5.69 Å². The lowest BCUT2D eigenvalue weighted by atomic mass is 10.3. The largest absolute Gasteiger partial charge is 0.370 e. The predicted octanol–water partition coefficient (Wildman–Crippen LogP) is 0.701. The van der Waals surface area contributed by atoms with Crippen LogP contribution in [0.25, 0.3) is 0 Å². The first-order valence-electron chi connectivity index (χ1n) is 3.97. The van der Waals surface area contributed by atoms with Gasteiger partial charge in [-0.3, -0.25) is 5.41 Å². The van der Waals surface area contributed by atoms with E-state index in [-0.39, 0.29) is 11.9 Å². The van der Waals surface area contributed by atoms with Gasteiger partial charge in [-0.25, -0.2) is 0 Å². The van der Waals surface area contributed by atoms with Crippen molar-refractivity contribution in [1.29, 1.82) is 5.41 Å². The Morgan fingerprint density at radius 2 is 2.14 bits per heavy atom. The maximum Gasteiger partial charge on any atom is 0.225 e. The minimum atomic E-state index is -0.102. The fourth-order valence-electron chi connectivity index (χ4n) is 1.01. The zero-order chi connectivity index (χ0) is 10.7. The van der Waals surface area contributed by atoms with Crippen LogP contribution in [0.15, 0.2) is 15.8 Å². The van der Waals surface area contributed by atoms with Crippen molar-refractivity contribution >= 4 is 28.9 Å². The standard InChI is InChI=1S/C8H13N5S/c1-5-3-14-4-6(5)13(2)8(11)12-7(9)10/h3-4H,1-2H3,(H5,9,10,11,12). The van der Waals surface area contributed by atoms with Gasteiger partial charge in [0.1, 0.15) is 0 Å². The van der Waals surface area contributed by atoms with Gasteiger partial charge < -0.3 is 16.4 Å². The molecule has 0 spiro atoms. The molecule has 0 aromatic carbocycles. The lowest BCUT2D eigenvalue weighted by molar-refractivity contribution is 1.18. The van der Waals surface area contributed by atoms with Crippen LogP contribution < -0.4 is 16.4 Å². The third-order valence-corrected chi connectivity index (χ3v) is 2.59. The summed E-state index contributed by atoms with van der Waals surface area (Å²) in [6, 6.07) is 0. The van der Waals surface area contributed by atoms with Gasteiger partial charge in [0, 0.05) is 12.4 Å². The normalized spacial score (nSPS) is 9.57. The van der Waals surface area contributed by atoms with Gasteiger partial charge in [0.25, 0.3) is 0 Å². The van der Waals surface area contributed by atoms with E-state index in [1.807, 2.05) is 17.7 Å². The van der Waals surface area contributed by atoms with Crippen molar-refractivity contribution < 1.29 is 0 Å². The first-order valence-corrected chi connectivity index (χ1v) is 4.91. The minimum Gasteiger partial charge on any atom is -0.370 e. The topological polar surface area (TPSA) is 91.5 Å². The molecule has 6 heteroatoms. The highest BCUT2D eigenvalue weighted by molar-refractivity contribution is 7.08. The van der Waals surface area contributed by atoms with E-state index >= 15 is 0 Å². The van der Waals surface area contributed by atoms with Gasteiger partial charge in [0.15, 0.2) is 5.96 Å². The Balaban J connectivity index is 2.86. The Kier molecular flexibility index (Phi) is 3.08. The van der Waals surface area contributed by atoms with Crippen LogP contribution in [-0.2, 0) is 0 Å². The quantitative estimate of drug-likeness (QED) is 0.471. The SMILES string of the molecule is Cc1cscc1N(C)C(=N)N=C(N)N. The molecule has 5 nitrogen and oxygen atoms in total. The van der Waals surface area contributed by atoms with Gasteiger partial charge in [-0.2, -0.15) is 4.99 Å². The number of anilines is 1. The average molecular weight is 211 g/mol. The van der Waals surface area contributed by atoms with Crippen LogP contribution in [0.2, 0.25) is 0 Å². The molecule has 5 N–H and O–H groups in total. The Bertz CT molecular complexity index is 364. The Labute approximate surface area is 86.6 Å². The Hall–Kier alpha value is -1.56. The van der Waals surface area contributed by atoms with E-state index in [0.29, 0.717) is 0 Å². The molecular formula is C8H13N5S. The van der Waals surface area contributed by atoms with Gasteiger partial charge >= 0.3 is 0 Å². The first kappa shape index (κ1) is 10.5. The number of thiophene rings is 1. The van der Waals surface area contributed by atoms with Crippen molar-refractivity contribution in [3.8, 4) is 0 Å². The fourth-order valence-corrected chi connectivity index (χ4v) is 1.87. The van der Waals surface area contributed by atoms with Gasteiger partial charge in [0.05, 0.1) is 5.69 Å². The summed E-state index contributed by atoms with van der Waals surface area (Å²) in [6.45, 7) is 1.98. The van der Waals surface area contributed by atoms with Gasteiger partial charge in [-0.1, -0.05) is 0 Å². The number of hydrogen-bond acceptors (Lipinski definition) is 2. The molecule has 1 aromatic rings. The van der Waals surface area contributed by atoms with Gasteiger partial charge in [0.2, 0.25) is 5.96 Å². The van der Waals surface area contributed by atoms with Crippen LogP contribution in [0.5, 0.6) is 0 Å². The summed E-state index contributed by atoms with van der Waals surface area (Å²) in [5.74, 6) is -0.0683. The van der Waals surface area contributed by atoms with Crippen LogP contribution in [0.1, 0.15) is 5.56 Å². The summed E-state index contributed by atoms with van der Waals surface area (Å²) in [4.78, 5) is 5.29. The summed E-state index contributed by atoms with van der Waals surface area (Å²) < 4.78 is 0. The van der Waals surface area contributed by atoms with E-state index in [9.17, 15) is 0 Å². The number of aliphatic imine (C=N–C) groups is 1. The molecule has 76 valence electrons. The second kappa shape index (κ2) is 4.10. The van der Waals surface area contributed by atoms with E-state index in [2.05, 4.69) is 4.99 Å². The fraction of sp³-hybridized carbons (Fsp3) is 0.250. The van der Waals surface area contributed by atoms with Crippen molar-refractivity contribution in [1.82, 2.24) is 0 Å². The highest BCUT2D eigenvalue weighted by Crippen LogP contribution is 2.23. The molecule has 0 aliphatic carbocycles. The van der Waals surface area contributed by atoms with Crippen LogP contribution >= 0.6 is 11.3 Å². The van der Waals surface area contributed by atoms with Gasteiger partial charge in [-0.05, 0) is 17.9 Å². The number of rotatable bonds is 1. The highest BCUT2D eigenvalue weighted by Gasteiger charge is 2.09. The lowest BCUT2D eigenvalue weighted by Gasteiger charge is -2.16. The molecule has 0 fully saturated rings. The second-order valence-electron chi connectivity index (χ2n) is 2.86. The van der Waals surface area contributed by atoms with Crippen molar-refractivity contribution in [2.75, 3.05) is 11.9 Å². The van der Waals surface area contributed by atoms with Crippen LogP contribution in [0.3, 0.4) is 0 Å². The third kappa shape index (κ3) is 2.23. The van der Waals surface area contributed by atoms with E-state index in [0.717, 1.165) is 11.3 Å². The number of nitrogens with two attached hydrogens (primary N) is 2. The van der Waals surface area contributed by atoms with Crippen molar-refractivity contribution in [3.05, 3.63) is 16.3 Å². The molecule has 1 aromatic heterocycles. The number of guanidine groups is 2. The summed E-state index contributed by atoms with van der Waals surface area (Å²) in [6.07, 6.45) is 0. The van der Waals surface area contributed by atoms with E-state index in [1.165, 1.54) is 0 Å². The molecular weight excluding hydrogens is 198 g/mol. The summed E-state index contributed by atoms with van der Waals surface area (Å²) in [7, 11) is 1.75. The predicted molar refractivity (Wildman–Crippen MR) is 61.0 cm³/mol. The Morgan fingerprint density at radius 3 is 2.57 bits per heavy atom. The minimum absolute atomic E-state index is 0.0338. The van der Waals surface area contributed by atoms with Crippen molar-refractivity contribution in [2.45, 2.75) is 6.92 Å². The number of nitrogens with one attached hydrogen (secondary N) is 1. The maximum absolute atomic E-state index is 7.58. The zero-order valence-electron chi connectivity index (χ0n) is 8.11. The molecule has 1 rings (SSSR count). The molecule has 0 saturated carbocycles. The highest BCUT2D eigenvalue weighted by atomic mass is 32.1. The van der Waals surface area contributed by atoms with E-state index < -0.39 is 0 Å².